The second kappa shape index (κ2) is 6.98. The molecule has 0 bridgehead atoms. The lowest BCUT2D eigenvalue weighted by molar-refractivity contribution is -0.305. The van der Waals surface area contributed by atoms with E-state index >= 15 is 0 Å². The normalized spacial score (nSPS) is 18.5. The maximum atomic E-state index is 12.8. The standard InChI is InChI=1S/C18H22F3N3O/c1-3-6-24-7-4-5-13-8-14(15-11-22-23(2)12-15)9-16(10-17(13)24)25-18(19,20)21/h8,10-12H,3-7,9H2,1-2H3. The van der Waals surface area contributed by atoms with Crippen LogP contribution in [0.15, 0.2) is 41.6 Å². The zero-order valence-electron chi connectivity index (χ0n) is 14.4. The summed E-state index contributed by atoms with van der Waals surface area (Å²) in [7, 11) is 1.79. The van der Waals surface area contributed by atoms with Gasteiger partial charge in [-0.2, -0.15) is 5.10 Å². The first-order chi connectivity index (χ1) is 11.9. The van der Waals surface area contributed by atoms with Crippen LogP contribution in [0.4, 0.5) is 13.2 Å². The molecule has 0 atom stereocenters. The molecule has 0 aromatic carbocycles. The molecule has 0 saturated carbocycles. The molecule has 0 fully saturated rings. The van der Waals surface area contributed by atoms with Gasteiger partial charge in [-0.15, -0.1) is 13.2 Å². The molecule has 0 N–H and O–H groups in total. The highest BCUT2D eigenvalue weighted by Crippen LogP contribution is 2.36. The molecule has 0 saturated heterocycles. The third-order valence-corrected chi connectivity index (χ3v) is 4.37. The van der Waals surface area contributed by atoms with Crippen LogP contribution in [-0.4, -0.2) is 34.1 Å². The van der Waals surface area contributed by atoms with E-state index in [1.54, 1.807) is 24.0 Å². The van der Waals surface area contributed by atoms with Gasteiger partial charge in [-0.25, -0.2) is 0 Å². The van der Waals surface area contributed by atoms with E-state index < -0.39 is 6.36 Å². The fourth-order valence-electron chi connectivity index (χ4n) is 3.38. The van der Waals surface area contributed by atoms with Crippen LogP contribution in [0.2, 0.25) is 0 Å². The summed E-state index contributed by atoms with van der Waals surface area (Å²) in [5.41, 5.74) is 3.54. The van der Waals surface area contributed by atoms with Crippen molar-refractivity contribution in [2.45, 2.75) is 39.0 Å². The Morgan fingerprint density at radius 1 is 1.28 bits per heavy atom. The Hall–Kier alpha value is -2.18. The maximum Gasteiger partial charge on any atom is 0.572 e. The summed E-state index contributed by atoms with van der Waals surface area (Å²) in [5.74, 6) is -0.0735. The summed E-state index contributed by atoms with van der Waals surface area (Å²) in [6.07, 6.45) is 5.27. The summed E-state index contributed by atoms with van der Waals surface area (Å²) < 4.78 is 44.5. The highest BCUT2D eigenvalue weighted by Gasteiger charge is 2.33. The van der Waals surface area contributed by atoms with Crippen molar-refractivity contribution < 1.29 is 17.9 Å². The van der Waals surface area contributed by atoms with Gasteiger partial charge in [0.1, 0.15) is 5.76 Å². The van der Waals surface area contributed by atoms with E-state index in [2.05, 4.69) is 21.7 Å². The van der Waals surface area contributed by atoms with Crippen molar-refractivity contribution in [1.82, 2.24) is 14.7 Å². The quantitative estimate of drug-likeness (QED) is 0.804. The second-order valence-corrected chi connectivity index (χ2v) is 6.41. The van der Waals surface area contributed by atoms with E-state index in [0.717, 1.165) is 54.8 Å². The smallest absolute Gasteiger partial charge is 0.410 e. The van der Waals surface area contributed by atoms with Crippen LogP contribution in [0.25, 0.3) is 5.57 Å². The zero-order valence-corrected chi connectivity index (χ0v) is 14.4. The fourth-order valence-corrected chi connectivity index (χ4v) is 3.38. The van der Waals surface area contributed by atoms with E-state index in [1.165, 1.54) is 0 Å². The summed E-state index contributed by atoms with van der Waals surface area (Å²) in [6.45, 7) is 3.75. The van der Waals surface area contributed by atoms with Gasteiger partial charge in [-0.3, -0.25) is 4.68 Å². The number of ether oxygens (including phenoxy) is 1. The van der Waals surface area contributed by atoms with Gasteiger partial charge in [0.2, 0.25) is 0 Å². The van der Waals surface area contributed by atoms with Gasteiger partial charge in [-0.05, 0) is 30.4 Å². The molecule has 25 heavy (non-hydrogen) atoms. The summed E-state index contributed by atoms with van der Waals surface area (Å²) in [4.78, 5) is 2.15. The highest BCUT2D eigenvalue weighted by molar-refractivity contribution is 5.71. The van der Waals surface area contributed by atoms with Gasteiger partial charge in [0, 0.05) is 50.1 Å². The van der Waals surface area contributed by atoms with E-state index in [9.17, 15) is 13.2 Å². The largest absolute Gasteiger partial charge is 0.572 e. The van der Waals surface area contributed by atoms with E-state index in [-0.39, 0.29) is 12.2 Å². The predicted molar refractivity (Wildman–Crippen MR) is 89.1 cm³/mol. The Balaban J connectivity index is 2.04. The molecule has 1 aliphatic carbocycles. The molecule has 1 aromatic rings. The Labute approximate surface area is 145 Å². The number of rotatable bonds is 4. The monoisotopic (exact) mass is 353 g/mol. The van der Waals surface area contributed by atoms with Gasteiger partial charge < -0.3 is 9.64 Å². The molecule has 2 heterocycles. The van der Waals surface area contributed by atoms with Crippen molar-refractivity contribution >= 4 is 5.57 Å². The first-order valence-electron chi connectivity index (χ1n) is 8.49. The highest BCUT2D eigenvalue weighted by atomic mass is 19.4. The number of nitrogens with zero attached hydrogens (tertiary/aromatic N) is 3. The molecule has 2 aliphatic rings. The van der Waals surface area contributed by atoms with Crippen LogP contribution < -0.4 is 0 Å². The molecule has 0 radical (unpaired) electrons. The predicted octanol–water partition coefficient (Wildman–Crippen LogP) is 4.39. The van der Waals surface area contributed by atoms with Crippen LogP contribution in [-0.2, 0) is 11.8 Å². The number of hydrogen-bond donors (Lipinski definition) is 0. The van der Waals surface area contributed by atoms with Gasteiger partial charge in [-0.1, -0.05) is 13.0 Å². The van der Waals surface area contributed by atoms with Crippen molar-refractivity contribution in [3.05, 3.63) is 47.1 Å². The van der Waals surface area contributed by atoms with Crippen molar-refractivity contribution in [3.63, 3.8) is 0 Å². The van der Waals surface area contributed by atoms with Crippen molar-refractivity contribution in [2.75, 3.05) is 13.1 Å². The molecule has 4 nitrogen and oxygen atoms in total. The maximum absolute atomic E-state index is 12.8. The minimum Gasteiger partial charge on any atom is -0.410 e. The molecular weight excluding hydrogens is 331 g/mol. The first-order valence-corrected chi connectivity index (χ1v) is 8.49. The minimum absolute atomic E-state index is 0.0735. The van der Waals surface area contributed by atoms with Crippen molar-refractivity contribution in [1.29, 1.82) is 0 Å². The number of aromatic nitrogens is 2. The lowest BCUT2D eigenvalue weighted by Gasteiger charge is -2.31. The number of halogens is 3. The Kier molecular flexibility index (Phi) is 4.92. The van der Waals surface area contributed by atoms with Crippen LogP contribution in [0, 0.1) is 0 Å². The van der Waals surface area contributed by atoms with Gasteiger partial charge in [0.15, 0.2) is 0 Å². The van der Waals surface area contributed by atoms with Crippen LogP contribution in [0.3, 0.4) is 0 Å². The van der Waals surface area contributed by atoms with Crippen molar-refractivity contribution in [3.8, 4) is 0 Å². The molecule has 0 spiro atoms. The zero-order chi connectivity index (χ0) is 18.0. The second-order valence-electron chi connectivity index (χ2n) is 6.41. The molecule has 0 unspecified atom stereocenters. The lowest BCUT2D eigenvalue weighted by atomic mass is 9.98. The van der Waals surface area contributed by atoms with E-state index in [4.69, 9.17) is 0 Å². The fraction of sp³-hybridized carbons (Fsp3) is 0.500. The third kappa shape index (κ3) is 4.27. The summed E-state index contributed by atoms with van der Waals surface area (Å²) in [5, 5.41) is 4.14. The average Bonchev–Trinajstić information content (AvgIpc) is 2.85. The number of aryl methyl sites for hydroxylation is 1. The average molecular weight is 353 g/mol. The molecule has 1 aliphatic heterocycles. The first kappa shape index (κ1) is 17.6. The topological polar surface area (TPSA) is 30.3 Å². The molecule has 136 valence electrons. The van der Waals surface area contributed by atoms with Gasteiger partial charge in [0.05, 0.1) is 6.20 Å². The summed E-state index contributed by atoms with van der Waals surface area (Å²) >= 11 is 0. The SMILES string of the molecule is CCCN1CCCC2=C1C=C(OC(F)(F)F)CC(c1cnn(C)c1)=C2. The van der Waals surface area contributed by atoms with Gasteiger partial charge in [0.25, 0.3) is 0 Å². The Bertz CT molecular complexity index is 728. The van der Waals surface area contributed by atoms with Crippen molar-refractivity contribution in [2.24, 2.45) is 7.05 Å². The molecule has 1 aromatic heterocycles. The minimum atomic E-state index is -4.69. The van der Waals surface area contributed by atoms with E-state index in [0.29, 0.717) is 0 Å². The van der Waals surface area contributed by atoms with E-state index in [1.807, 2.05) is 12.3 Å². The Morgan fingerprint density at radius 3 is 2.72 bits per heavy atom. The number of allylic oxidation sites excluding steroid dienone is 4. The summed E-state index contributed by atoms with van der Waals surface area (Å²) in [6, 6.07) is 0. The lowest BCUT2D eigenvalue weighted by Crippen LogP contribution is -2.28. The van der Waals surface area contributed by atoms with Crippen LogP contribution in [0.1, 0.15) is 38.2 Å². The number of alkyl halides is 3. The molecular formula is C18H22F3N3O. The number of hydrogen-bond acceptors (Lipinski definition) is 3. The van der Waals surface area contributed by atoms with Crippen LogP contribution >= 0.6 is 0 Å². The third-order valence-electron chi connectivity index (χ3n) is 4.37. The molecule has 7 heteroatoms. The van der Waals surface area contributed by atoms with Gasteiger partial charge >= 0.3 is 6.36 Å². The molecule has 3 rings (SSSR count). The van der Waals surface area contributed by atoms with Crippen LogP contribution in [0.5, 0.6) is 0 Å². The molecule has 0 amide bonds. The Morgan fingerprint density at radius 2 is 2.08 bits per heavy atom.